The van der Waals surface area contributed by atoms with Gasteiger partial charge in [0.2, 0.25) is 0 Å². The Morgan fingerprint density at radius 2 is 1.62 bits per heavy atom. The van der Waals surface area contributed by atoms with Crippen LogP contribution in [0.3, 0.4) is 0 Å². The van der Waals surface area contributed by atoms with Gasteiger partial charge in [-0.25, -0.2) is 0 Å². The Balaban J connectivity index is 2.17. The molecule has 0 bridgehead atoms. The molecule has 2 aromatic carbocycles. The second-order valence-electron chi connectivity index (χ2n) is 7.33. The third kappa shape index (κ3) is 3.28. The van der Waals surface area contributed by atoms with Crippen LogP contribution >= 0.6 is 0 Å². The maximum Gasteiger partial charge on any atom is 0.321 e. The van der Waals surface area contributed by atoms with Crippen molar-refractivity contribution in [3.05, 3.63) is 71.8 Å². The van der Waals surface area contributed by atoms with Crippen molar-refractivity contribution in [3.8, 4) is 0 Å². The highest BCUT2D eigenvalue weighted by molar-refractivity contribution is 5.88. The van der Waals surface area contributed by atoms with Gasteiger partial charge in [0.15, 0.2) is 0 Å². The molecular formula is C23H29NO2. The van der Waals surface area contributed by atoms with E-state index in [9.17, 15) is 4.79 Å². The highest BCUT2D eigenvalue weighted by Gasteiger charge is 2.52. The number of hydrogen-bond acceptors (Lipinski definition) is 3. The first-order chi connectivity index (χ1) is 12.6. The zero-order valence-electron chi connectivity index (χ0n) is 16.0. The van der Waals surface area contributed by atoms with Gasteiger partial charge in [-0.15, -0.1) is 0 Å². The molecule has 138 valence electrons. The Kier molecular flexibility index (Phi) is 5.77. The maximum absolute atomic E-state index is 13.5. The molecule has 1 heterocycles. The zero-order valence-corrected chi connectivity index (χ0v) is 16.0. The van der Waals surface area contributed by atoms with E-state index in [1.54, 1.807) is 0 Å². The van der Waals surface area contributed by atoms with Crippen LogP contribution < -0.4 is 0 Å². The van der Waals surface area contributed by atoms with Gasteiger partial charge in [0.1, 0.15) is 5.41 Å². The van der Waals surface area contributed by atoms with Crippen LogP contribution in [-0.2, 0) is 14.9 Å². The third-order valence-electron chi connectivity index (χ3n) is 5.62. The minimum atomic E-state index is -0.762. The van der Waals surface area contributed by atoms with Gasteiger partial charge < -0.3 is 9.64 Å². The quantitative estimate of drug-likeness (QED) is 0.728. The van der Waals surface area contributed by atoms with Crippen LogP contribution in [0.4, 0.5) is 0 Å². The Bertz CT molecular complexity index is 672. The molecule has 1 atom stereocenters. The lowest BCUT2D eigenvalue weighted by Gasteiger charge is -2.38. The number of hydrogen-bond donors (Lipinski definition) is 0. The minimum Gasteiger partial charge on any atom is -0.465 e. The smallest absolute Gasteiger partial charge is 0.321 e. The van der Waals surface area contributed by atoms with E-state index >= 15 is 0 Å². The monoisotopic (exact) mass is 351 g/mol. The average molecular weight is 351 g/mol. The summed E-state index contributed by atoms with van der Waals surface area (Å²) in [7, 11) is 0. The fourth-order valence-electron chi connectivity index (χ4n) is 4.30. The number of rotatable bonds is 6. The van der Waals surface area contributed by atoms with E-state index in [2.05, 4.69) is 43.0 Å². The van der Waals surface area contributed by atoms with Crippen molar-refractivity contribution < 1.29 is 9.53 Å². The molecule has 1 saturated heterocycles. The molecule has 0 radical (unpaired) electrons. The van der Waals surface area contributed by atoms with Gasteiger partial charge in [-0.05, 0) is 50.8 Å². The molecule has 26 heavy (non-hydrogen) atoms. The summed E-state index contributed by atoms with van der Waals surface area (Å²) in [5.74, 6) is 0.0572. The SMILES string of the molecule is CCOC(=O)C(c1ccccc1)(c1ccccc1)C1CCN(C(C)C)C1. The van der Waals surface area contributed by atoms with Crippen molar-refractivity contribution >= 4 is 5.97 Å². The Labute approximate surface area is 157 Å². The Morgan fingerprint density at radius 1 is 1.08 bits per heavy atom. The fourth-order valence-corrected chi connectivity index (χ4v) is 4.30. The van der Waals surface area contributed by atoms with Gasteiger partial charge in [0.25, 0.3) is 0 Å². The van der Waals surface area contributed by atoms with Gasteiger partial charge in [0.05, 0.1) is 6.61 Å². The van der Waals surface area contributed by atoms with Gasteiger partial charge in [0, 0.05) is 12.6 Å². The van der Waals surface area contributed by atoms with E-state index in [-0.39, 0.29) is 11.9 Å². The minimum absolute atomic E-state index is 0.131. The van der Waals surface area contributed by atoms with E-state index in [0.29, 0.717) is 12.6 Å². The van der Waals surface area contributed by atoms with Crippen molar-refractivity contribution in [3.63, 3.8) is 0 Å². The molecule has 1 aliphatic heterocycles. The summed E-state index contributed by atoms with van der Waals surface area (Å²) in [4.78, 5) is 16.0. The molecular weight excluding hydrogens is 322 g/mol. The number of carbonyl (C=O) groups excluding carboxylic acids is 1. The van der Waals surface area contributed by atoms with Gasteiger partial charge in [-0.3, -0.25) is 4.79 Å². The number of carbonyl (C=O) groups is 1. The van der Waals surface area contributed by atoms with Crippen molar-refractivity contribution in [2.45, 2.75) is 38.6 Å². The second-order valence-corrected chi connectivity index (χ2v) is 7.33. The van der Waals surface area contributed by atoms with Gasteiger partial charge in [-0.2, -0.15) is 0 Å². The van der Waals surface area contributed by atoms with Crippen LogP contribution in [0.25, 0.3) is 0 Å². The number of ether oxygens (including phenoxy) is 1. The zero-order chi connectivity index (χ0) is 18.6. The molecule has 3 heteroatoms. The molecule has 1 aliphatic rings. The molecule has 0 saturated carbocycles. The predicted molar refractivity (Wildman–Crippen MR) is 105 cm³/mol. The van der Waals surface area contributed by atoms with E-state index in [0.717, 1.165) is 30.6 Å². The summed E-state index contributed by atoms with van der Waals surface area (Å²) >= 11 is 0. The van der Waals surface area contributed by atoms with Crippen molar-refractivity contribution in [2.75, 3.05) is 19.7 Å². The molecule has 3 rings (SSSR count). The normalized spacial score (nSPS) is 18.2. The fraction of sp³-hybridized carbons (Fsp3) is 0.435. The highest BCUT2D eigenvalue weighted by atomic mass is 16.5. The first kappa shape index (κ1) is 18.7. The van der Waals surface area contributed by atoms with Crippen molar-refractivity contribution in [1.82, 2.24) is 4.90 Å². The van der Waals surface area contributed by atoms with Crippen molar-refractivity contribution in [1.29, 1.82) is 0 Å². The van der Waals surface area contributed by atoms with Crippen LogP contribution in [0, 0.1) is 5.92 Å². The van der Waals surface area contributed by atoms with Crippen LogP contribution in [0.1, 0.15) is 38.3 Å². The van der Waals surface area contributed by atoms with E-state index < -0.39 is 5.41 Å². The molecule has 0 aliphatic carbocycles. The topological polar surface area (TPSA) is 29.5 Å². The molecule has 3 nitrogen and oxygen atoms in total. The summed E-state index contributed by atoms with van der Waals surface area (Å²) in [5.41, 5.74) is 1.29. The lowest BCUT2D eigenvalue weighted by atomic mass is 9.65. The summed E-state index contributed by atoms with van der Waals surface area (Å²) in [5, 5.41) is 0. The van der Waals surface area contributed by atoms with E-state index in [1.165, 1.54) is 0 Å². The second kappa shape index (κ2) is 8.05. The summed E-state index contributed by atoms with van der Waals surface area (Å²) in [6.45, 7) is 8.64. The lowest BCUT2D eigenvalue weighted by molar-refractivity contribution is -0.150. The highest BCUT2D eigenvalue weighted by Crippen LogP contribution is 2.45. The first-order valence-electron chi connectivity index (χ1n) is 9.63. The molecule has 0 N–H and O–H groups in total. The molecule has 0 spiro atoms. The Morgan fingerprint density at radius 3 is 2.04 bits per heavy atom. The molecule has 0 aromatic heterocycles. The summed E-state index contributed by atoms with van der Waals surface area (Å²) in [6, 6.07) is 20.8. The van der Waals surface area contributed by atoms with Gasteiger partial charge >= 0.3 is 5.97 Å². The lowest BCUT2D eigenvalue weighted by Crippen LogP contribution is -2.47. The van der Waals surface area contributed by atoms with E-state index in [4.69, 9.17) is 4.74 Å². The number of esters is 1. The first-order valence-corrected chi connectivity index (χ1v) is 9.63. The third-order valence-corrected chi connectivity index (χ3v) is 5.62. The van der Waals surface area contributed by atoms with E-state index in [1.807, 2.05) is 43.3 Å². The number of benzene rings is 2. The molecule has 2 aromatic rings. The maximum atomic E-state index is 13.5. The van der Waals surface area contributed by atoms with Gasteiger partial charge in [-0.1, -0.05) is 60.7 Å². The van der Waals surface area contributed by atoms with Crippen LogP contribution in [0.15, 0.2) is 60.7 Å². The Hall–Kier alpha value is -2.13. The molecule has 1 unspecified atom stereocenters. The van der Waals surface area contributed by atoms with Crippen LogP contribution in [0.5, 0.6) is 0 Å². The number of nitrogens with zero attached hydrogens (tertiary/aromatic N) is 1. The molecule has 0 amide bonds. The molecule has 1 fully saturated rings. The van der Waals surface area contributed by atoms with Crippen LogP contribution in [-0.4, -0.2) is 36.6 Å². The van der Waals surface area contributed by atoms with Crippen molar-refractivity contribution in [2.24, 2.45) is 5.92 Å². The summed E-state index contributed by atoms with van der Waals surface area (Å²) in [6.07, 6.45) is 0.987. The predicted octanol–water partition coefficient (Wildman–Crippen LogP) is 4.27. The van der Waals surface area contributed by atoms with Crippen LogP contribution in [0.2, 0.25) is 0 Å². The standard InChI is InChI=1S/C23H29NO2/c1-4-26-22(25)23(19-11-7-5-8-12-19,20-13-9-6-10-14-20)21-15-16-24(17-21)18(2)3/h5-14,18,21H,4,15-17H2,1-3H3. The number of likely N-dealkylation sites (tertiary alicyclic amines) is 1. The average Bonchev–Trinajstić information content (AvgIpc) is 3.15. The largest absolute Gasteiger partial charge is 0.465 e. The summed E-state index contributed by atoms with van der Waals surface area (Å²) < 4.78 is 5.67.